The Labute approximate surface area is 106 Å². The molecule has 0 amide bonds. The van der Waals surface area contributed by atoms with Gasteiger partial charge in [0, 0.05) is 10.7 Å². The van der Waals surface area contributed by atoms with Crippen LogP contribution in [0.4, 0.5) is 10.1 Å². The van der Waals surface area contributed by atoms with Gasteiger partial charge in [-0.1, -0.05) is 15.9 Å². The summed E-state index contributed by atoms with van der Waals surface area (Å²) in [5.74, 6) is -0.505. The Morgan fingerprint density at radius 1 is 1.53 bits per heavy atom. The molecule has 6 heteroatoms. The summed E-state index contributed by atoms with van der Waals surface area (Å²) in [6.07, 6.45) is 2.10. The molecule has 1 aromatic rings. The average molecular weight is 304 g/mol. The van der Waals surface area contributed by atoms with Gasteiger partial charge >= 0.3 is 5.69 Å². The first-order valence-electron chi connectivity index (χ1n) is 5.19. The lowest BCUT2D eigenvalue weighted by Crippen LogP contribution is -2.14. The number of ether oxygens (including phenoxy) is 1. The van der Waals surface area contributed by atoms with Crippen LogP contribution in [0.2, 0.25) is 0 Å². The molecule has 4 nitrogen and oxygen atoms in total. The van der Waals surface area contributed by atoms with Crippen molar-refractivity contribution in [3.8, 4) is 5.75 Å². The van der Waals surface area contributed by atoms with Gasteiger partial charge in [-0.25, -0.2) is 4.39 Å². The smallest absolute Gasteiger partial charge is 0.313 e. The quantitative estimate of drug-likeness (QED) is 0.476. The lowest BCUT2D eigenvalue weighted by Gasteiger charge is -2.13. The van der Waals surface area contributed by atoms with Crippen molar-refractivity contribution >= 4 is 21.6 Å². The number of nitro groups is 1. The van der Waals surface area contributed by atoms with E-state index < -0.39 is 10.7 Å². The first-order valence-corrected chi connectivity index (χ1v) is 6.31. The van der Waals surface area contributed by atoms with E-state index in [1.165, 1.54) is 6.07 Å². The predicted molar refractivity (Wildman–Crippen MR) is 64.0 cm³/mol. The second kappa shape index (κ2) is 4.60. The highest BCUT2D eigenvalue weighted by molar-refractivity contribution is 9.09. The summed E-state index contributed by atoms with van der Waals surface area (Å²) in [6, 6.07) is 3.34. The number of hydrogen-bond donors (Lipinski definition) is 0. The Morgan fingerprint density at radius 2 is 2.24 bits per heavy atom. The molecule has 0 aromatic heterocycles. The van der Waals surface area contributed by atoms with E-state index in [1.54, 1.807) is 0 Å². The van der Waals surface area contributed by atoms with Crippen LogP contribution in [0, 0.1) is 21.3 Å². The Morgan fingerprint density at radius 3 is 2.76 bits per heavy atom. The van der Waals surface area contributed by atoms with Crippen molar-refractivity contribution in [2.75, 3.05) is 11.9 Å². The lowest BCUT2D eigenvalue weighted by atomic mass is 10.2. The van der Waals surface area contributed by atoms with E-state index in [0.717, 1.165) is 30.3 Å². The third-order valence-electron chi connectivity index (χ3n) is 2.89. The van der Waals surface area contributed by atoms with Crippen LogP contribution in [0.25, 0.3) is 0 Å². The highest BCUT2D eigenvalue weighted by Gasteiger charge is 2.42. The number of alkyl halides is 1. The first-order chi connectivity index (χ1) is 8.06. The molecule has 0 radical (unpaired) electrons. The van der Waals surface area contributed by atoms with Crippen molar-refractivity contribution in [2.24, 2.45) is 5.41 Å². The van der Waals surface area contributed by atoms with Crippen LogP contribution in [0.5, 0.6) is 5.75 Å². The van der Waals surface area contributed by atoms with E-state index in [1.807, 2.05) is 0 Å². The number of rotatable bonds is 5. The molecule has 1 aliphatic rings. The minimum absolute atomic E-state index is 0.0995. The Kier molecular flexibility index (Phi) is 3.33. The third kappa shape index (κ3) is 2.74. The van der Waals surface area contributed by atoms with Gasteiger partial charge in [0.2, 0.25) is 0 Å². The van der Waals surface area contributed by atoms with Crippen molar-refractivity contribution in [1.29, 1.82) is 0 Å². The molecule has 0 bridgehead atoms. The van der Waals surface area contributed by atoms with Crippen LogP contribution in [0.3, 0.4) is 0 Å². The van der Waals surface area contributed by atoms with Gasteiger partial charge in [-0.2, -0.15) is 0 Å². The van der Waals surface area contributed by atoms with E-state index in [-0.39, 0.29) is 16.9 Å². The number of nitro benzene ring substituents is 1. The molecular weight excluding hydrogens is 293 g/mol. The molecule has 0 atom stereocenters. The van der Waals surface area contributed by atoms with Crippen LogP contribution in [0.1, 0.15) is 12.8 Å². The maximum Gasteiger partial charge on any atom is 0.313 e. The highest BCUT2D eigenvalue weighted by atomic mass is 79.9. The van der Waals surface area contributed by atoms with Crippen molar-refractivity contribution in [1.82, 2.24) is 0 Å². The normalized spacial score (nSPS) is 16.6. The van der Waals surface area contributed by atoms with Crippen molar-refractivity contribution in [2.45, 2.75) is 12.8 Å². The van der Waals surface area contributed by atoms with Crippen molar-refractivity contribution in [3.63, 3.8) is 0 Å². The summed E-state index contributed by atoms with van der Waals surface area (Å²) in [5.41, 5.74) is -0.224. The third-order valence-corrected chi connectivity index (χ3v) is 4.08. The van der Waals surface area contributed by atoms with Gasteiger partial charge in [0.1, 0.15) is 5.82 Å². The molecule has 0 aliphatic heterocycles. The molecular formula is C11H11BrFNO3. The Hall–Kier alpha value is -1.17. The van der Waals surface area contributed by atoms with Gasteiger partial charge in [0.15, 0.2) is 5.75 Å². The van der Waals surface area contributed by atoms with E-state index in [9.17, 15) is 14.5 Å². The highest BCUT2D eigenvalue weighted by Crippen LogP contribution is 2.47. The first kappa shape index (κ1) is 12.3. The van der Waals surface area contributed by atoms with Gasteiger partial charge in [-0.05, 0) is 25.0 Å². The Bertz CT molecular complexity index is 448. The van der Waals surface area contributed by atoms with Crippen molar-refractivity contribution in [3.05, 3.63) is 34.1 Å². The molecule has 0 N–H and O–H groups in total. The van der Waals surface area contributed by atoms with Crippen LogP contribution in [-0.4, -0.2) is 16.9 Å². The summed E-state index contributed by atoms with van der Waals surface area (Å²) in [4.78, 5) is 10.1. The Balaban J connectivity index is 2.12. The number of nitrogens with zero attached hydrogens (tertiary/aromatic N) is 1. The summed E-state index contributed by atoms with van der Waals surface area (Å²) < 4.78 is 18.3. The lowest BCUT2D eigenvalue weighted by molar-refractivity contribution is -0.386. The topological polar surface area (TPSA) is 52.4 Å². The van der Waals surface area contributed by atoms with Crippen LogP contribution < -0.4 is 4.74 Å². The molecule has 1 fully saturated rings. The maximum atomic E-state index is 12.9. The summed E-state index contributed by atoms with van der Waals surface area (Å²) >= 11 is 3.39. The number of benzene rings is 1. The largest absolute Gasteiger partial charge is 0.486 e. The van der Waals surface area contributed by atoms with E-state index in [0.29, 0.717) is 6.61 Å². The van der Waals surface area contributed by atoms with Gasteiger partial charge in [0.25, 0.3) is 0 Å². The zero-order chi connectivity index (χ0) is 12.5. The van der Waals surface area contributed by atoms with E-state index >= 15 is 0 Å². The standard InChI is InChI=1S/C11H11BrFNO3/c12-6-11(3-4-11)7-17-10-2-1-8(13)5-9(10)14(15)16/h1-2,5H,3-4,6-7H2. The zero-order valence-corrected chi connectivity index (χ0v) is 10.6. The SMILES string of the molecule is O=[N+]([O-])c1cc(F)ccc1OCC1(CBr)CC1. The fourth-order valence-electron chi connectivity index (χ4n) is 1.48. The summed E-state index contributed by atoms with van der Waals surface area (Å²) in [6.45, 7) is 0.421. The molecule has 1 saturated carbocycles. The second-order valence-electron chi connectivity index (χ2n) is 4.29. The molecule has 92 valence electrons. The molecule has 0 unspecified atom stereocenters. The molecule has 1 aliphatic carbocycles. The number of hydrogen-bond acceptors (Lipinski definition) is 3. The fraction of sp³-hybridized carbons (Fsp3) is 0.455. The number of halogens is 2. The van der Waals surface area contributed by atoms with Crippen LogP contribution in [0.15, 0.2) is 18.2 Å². The fourth-order valence-corrected chi connectivity index (χ4v) is 2.20. The van der Waals surface area contributed by atoms with Gasteiger partial charge in [0.05, 0.1) is 17.6 Å². The van der Waals surface area contributed by atoms with Crippen LogP contribution >= 0.6 is 15.9 Å². The minimum Gasteiger partial charge on any atom is -0.486 e. The second-order valence-corrected chi connectivity index (χ2v) is 4.85. The monoisotopic (exact) mass is 303 g/mol. The average Bonchev–Trinajstić information content (AvgIpc) is 3.08. The summed E-state index contributed by atoms with van der Waals surface area (Å²) in [7, 11) is 0. The van der Waals surface area contributed by atoms with Gasteiger partial charge < -0.3 is 4.74 Å². The van der Waals surface area contributed by atoms with Crippen LogP contribution in [-0.2, 0) is 0 Å². The van der Waals surface area contributed by atoms with Gasteiger partial charge in [-0.15, -0.1) is 0 Å². The molecule has 0 heterocycles. The molecule has 1 aromatic carbocycles. The van der Waals surface area contributed by atoms with Crippen molar-refractivity contribution < 1.29 is 14.1 Å². The van der Waals surface area contributed by atoms with E-state index in [2.05, 4.69) is 15.9 Å². The molecule has 2 rings (SSSR count). The summed E-state index contributed by atoms with van der Waals surface area (Å²) in [5, 5.41) is 11.5. The van der Waals surface area contributed by atoms with E-state index in [4.69, 9.17) is 4.74 Å². The maximum absolute atomic E-state index is 12.9. The molecule has 0 saturated heterocycles. The molecule has 17 heavy (non-hydrogen) atoms. The predicted octanol–water partition coefficient (Wildman–Crippen LogP) is 3.29. The zero-order valence-electron chi connectivity index (χ0n) is 8.99. The molecule has 0 spiro atoms. The minimum atomic E-state index is -0.634. The van der Waals surface area contributed by atoms with Gasteiger partial charge in [-0.3, -0.25) is 10.1 Å².